The predicted octanol–water partition coefficient (Wildman–Crippen LogP) is 1.79. The molecule has 1 unspecified atom stereocenters. The molecule has 0 saturated heterocycles. The van der Waals surface area contributed by atoms with Crippen LogP contribution in [0.25, 0.3) is 0 Å². The summed E-state index contributed by atoms with van der Waals surface area (Å²) in [5.41, 5.74) is 0.636. The molecule has 1 N–H and O–H groups in total. The quantitative estimate of drug-likeness (QED) is 0.923. The fraction of sp³-hybridized carbons (Fsp3) is 0.333. The van der Waals surface area contributed by atoms with Crippen LogP contribution in [0.2, 0.25) is 0 Å². The SMILES string of the molecule is CCC(C)[C@H]1C(=O)Nc2cccnc2N1C(=O)c1ccc(=O)n(C)c1. The number of carbonyl (C=O) groups is 2. The molecule has 0 fully saturated rings. The second-order valence-corrected chi connectivity index (χ2v) is 6.24. The number of hydrogen-bond donors (Lipinski definition) is 1. The highest BCUT2D eigenvalue weighted by Crippen LogP contribution is 2.34. The standard InChI is InChI=1S/C18H20N4O3/c1-4-11(2)15-17(24)20-13-6-5-9-19-16(13)22(15)18(25)12-7-8-14(23)21(3)10-12/h5-11,15H,4H2,1-3H3,(H,20,24)/t11?,15-/m0/s1. The first-order chi connectivity index (χ1) is 11.9. The number of amides is 2. The van der Waals surface area contributed by atoms with Gasteiger partial charge in [-0.25, -0.2) is 4.98 Å². The summed E-state index contributed by atoms with van der Waals surface area (Å²) < 4.78 is 1.34. The Balaban J connectivity index is 2.13. The van der Waals surface area contributed by atoms with Crippen LogP contribution in [0.3, 0.4) is 0 Å². The second kappa shape index (κ2) is 6.51. The lowest BCUT2D eigenvalue weighted by Gasteiger charge is -2.38. The van der Waals surface area contributed by atoms with Crippen molar-refractivity contribution in [2.24, 2.45) is 13.0 Å². The largest absolute Gasteiger partial charge is 0.321 e. The van der Waals surface area contributed by atoms with Gasteiger partial charge in [-0.2, -0.15) is 0 Å². The number of pyridine rings is 2. The van der Waals surface area contributed by atoms with Crippen LogP contribution in [0.4, 0.5) is 11.5 Å². The number of anilines is 2. The van der Waals surface area contributed by atoms with Gasteiger partial charge in [-0.3, -0.25) is 19.3 Å². The summed E-state index contributed by atoms with van der Waals surface area (Å²) in [5.74, 6) is -0.207. The van der Waals surface area contributed by atoms with Crippen molar-refractivity contribution >= 4 is 23.3 Å². The van der Waals surface area contributed by atoms with E-state index in [2.05, 4.69) is 10.3 Å². The van der Waals surface area contributed by atoms with Crippen LogP contribution in [-0.4, -0.2) is 27.4 Å². The Labute approximate surface area is 145 Å². The zero-order chi connectivity index (χ0) is 18.1. The van der Waals surface area contributed by atoms with Crippen LogP contribution in [-0.2, 0) is 11.8 Å². The van der Waals surface area contributed by atoms with Gasteiger partial charge in [0.05, 0.1) is 11.3 Å². The van der Waals surface area contributed by atoms with Gasteiger partial charge in [-0.15, -0.1) is 0 Å². The van der Waals surface area contributed by atoms with E-state index in [0.717, 1.165) is 6.42 Å². The molecule has 130 valence electrons. The van der Waals surface area contributed by atoms with Crippen molar-refractivity contribution in [1.82, 2.24) is 9.55 Å². The number of carbonyl (C=O) groups excluding carboxylic acids is 2. The first-order valence-corrected chi connectivity index (χ1v) is 8.20. The van der Waals surface area contributed by atoms with Crippen molar-refractivity contribution in [2.75, 3.05) is 10.2 Å². The number of hydrogen-bond acceptors (Lipinski definition) is 4. The lowest BCUT2D eigenvalue weighted by Crippen LogP contribution is -2.54. The molecule has 0 spiro atoms. The highest BCUT2D eigenvalue weighted by Gasteiger charge is 2.40. The van der Waals surface area contributed by atoms with E-state index in [1.807, 2.05) is 13.8 Å². The Morgan fingerprint density at radius 1 is 1.32 bits per heavy atom. The van der Waals surface area contributed by atoms with E-state index < -0.39 is 6.04 Å². The first-order valence-electron chi connectivity index (χ1n) is 8.20. The number of rotatable bonds is 3. The molecule has 3 heterocycles. The molecule has 2 atom stereocenters. The highest BCUT2D eigenvalue weighted by molar-refractivity contribution is 6.15. The summed E-state index contributed by atoms with van der Waals surface area (Å²) in [4.78, 5) is 43.2. The molecule has 7 heteroatoms. The zero-order valence-corrected chi connectivity index (χ0v) is 14.4. The monoisotopic (exact) mass is 340 g/mol. The maximum atomic E-state index is 13.2. The van der Waals surface area contributed by atoms with Crippen LogP contribution in [0.15, 0.2) is 41.5 Å². The fourth-order valence-electron chi connectivity index (χ4n) is 2.96. The predicted molar refractivity (Wildman–Crippen MR) is 94.6 cm³/mol. The lowest BCUT2D eigenvalue weighted by atomic mass is 9.94. The van der Waals surface area contributed by atoms with Gasteiger partial charge < -0.3 is 9.88 Å². The Morgan fingerprint density at radius 2 is 2.08 bits per heavy atom. The van der Waals surface area contributed by atoms with Crippen molar-refractivity contribution in [3.63, 3.8) is 0 Å². The van der Waals surface area contributed by atoms with E-state index in [0.29, 0.717) is 17.1 Å². The minimum Gasteiger partial charge on any atom is -0.321 e. The van der Waals surface area contributed by atoms with Gasteiger partial charge in [0.2, 0.25) is 11.5 Å². The summed E-state index contributed by atoms with van der Waals surface area (Å²) in [5, 5.41) is 2.83. The van der Waals surface area contributed by atoms with E-state index in [9.17, 15) is 14.4 Å². The Kier molecular flexibility index (Phi) is 4.39. The summed E-state index contributed by atoms with van der Waals surface area (Å²) in [6.07, 6.45) is 3.80. The van der Waals surface area contributed by atoms with Crippen LogP contribution in [0.1, 0.15) is 30.6 Å². The molecule has 2 aromatic rings. The Morgan fingerprint density at radius 3 is 2.76 bits per heavy atom. The van der Waals surface area contributed by atoms with Crippen molar-refractivity contribution in [3.8, 4) is 0 Å². The van der Waals surface area contributed by atoms with Gasteiger partial charge in [0.15, 0.2) is 5.82 Å². The molecule has 0 aliphatic carbocycles. The van der Waals surface area contributed by atoms with Crippen molar-refractivity contribution < 1.29 is 9.59 Å². The molecule has 2 aromatic heterocycles. The lowest BCUT2D eigenvalue weighted by molar-refractivity contribution is -0.118. The molecule has 7 nitrogen and oxygen atoms in total. The van der Waals surface area contributed by atoms with E-state index >= 15 is 0 Å². The minimum atomic E-state index is -0.655. The normalized spacial score (nSPS) is 17.6. The number of aryl methyl sites for hydroxylation is 1. The summed E-state index contributed by atoms with van der Waals surface area (Å²) >= 11 is 0. The smallest absolute Gasteiger partial charge is 0.261 e. The molecular weight excluding hydrogens is 320 g/mol. The molecular formula is C18H20N4O3. The minimum absolute atomic E-state index is 0.0494. The van der Waals surface area contributed by atoms with Gasteiger partial charge in [0, 0.05) is 25.5 Å². The van der Waals surface area contributed by atoms with Crippen LogP contribution in [0.5, 0.6) is 0 Å². The topological polar surface area (TPSA) is 84.3 Å². The van der Waals surface area contributed by atoms with Gasteiger partial charge in [0.1, 0.15) is 6.04 Å². The zero-order valence-electron chi connectivity index (χ0n) is 14.4. The van der Waals surface area contributed by atoms with Crippen LogP contribution in [0, 0.1) is 5.92 Å². The Hall–Kier alpha value is -2.96. The average Bonchev–Trinajstić information content (AvgIpc) is 2.61. The van der Waals surface area contributed by atoms with Crippen molar-refractivity contribution in [2.45, 2.75) is 26.3 Å². The Bertz CT molecular complexity index is 890. The van der Waals surface area contributed by atoms with Crippen molar-refractivity contribution in [1.29, 1.82) is 0 Å². The molecule has 0 aromatic carbocycles. The van der Waals surface area contributed by atoms with E-state index in [-0.39, 0.29) is 23.3 Å². The van der Waals surface area contributed by atoms with E-state index in [1.54, 1.807) is 25.4 Å². The summed E-state index contributed by atoms with van der Waals surface area (Å²) in [6, 6.07) is 5.59. The molecule has 0 saturated carbocycles. The maximum Gasteiger partial charge on any atom is 0.261 e. The fourth-order valence-corrected chi connectivity index (χ4v) is 2.96. The molecule has 25 heavy (non-hydrogen) atoms. The van der Waals surface area contributed by atoms with Gasteiger partial charge in [-0.1, -0.05) is 20.3 Å². The average molecular weight is 340 g/mol. The molecule has 1 aliphatic rings. The van der Waals surface area contributed by atoms with Crippen LogP contribution < -0.4 is 15.8 Å². The number of nitrogens with zero attached hydrogens (tertiary/aromatic N) is 3. The third-order valence-corrected chi connectivity index (χ3v) is 4.55. The maximum absolute atomic E-state index is 13.2. The van der Waals surface area contributed by atoms with Gasteiger partial charge in [0.25, 0.3) is 5.91 Å². The van der Waals surface area contributed by atoms with Crippen LogP contribution >= 0.6 is 0 Å². The second-order valence-electron chi connectivity index (χ2n) is 6.24. The molecule has 2 amide bonds. The number of fused-ring (bicyclic) bond motifs is 1. The highest BCUT2D eigenvalue weighted by atomic mass is 16.2. The molecule has 1 aliphatic heterocycles. The van der Waals surface area contributed by atoms with E-state index in [1.165, 1.54) is 27.8 Å². The summed E-state index contributed by atoms with van der Waals surface area (Å²) in [7, 11) is 1.58. The molecule has 3 rings (SSSR count). The third kappa shape index (κ3) is 2.93. The van der Waals surface area contributed by atoms with E-state index in [4.69, 9.17) is 0 Å². The molecule has 0 radical (unpaired) electrons. The summed E-state index contributed by atoms with van der Waals surface area (Å²) in [6.45, 7) is 3.90. The first kappa shape index (κ1) is 16.9. The number of aromatic nitrogens is 2. The molecule has 0 bridgehead atoms. The van der Waals surface area contributed by atoms with Crippen molar-refractivity contribution in [3.05, 3.63) is 52.6 Å². The third-order valence-electron chi connectivity index (χ3n) is 4.55. The van der Waals surface area contributed by atoms with Gasteiger partial charge >= 0.3 is 0 Å². The van der Waals surface area contributed by atoms with Gasteiger partial charge in [-0.05, 0) is 24.1 Å². The number of nitrogens with one attached hydrogen (secondary N) is 1.